The van der Waals surface area contributed by atoms with Crippen molar-refractivity contribution in [2.24, 2.45) is 5.73 Å². The highest BCUT2D eigenvalue weighted by molar-refractivity contribution is 5.96. The van der Waals surface area contributed by atoms with Gasteiger partial charge in [0.1, 0.15) is 0 Å². The van der Waals surface area contributed by atoms with Crippen molar-refractivity contribution in [3.05, 3.63) is 83.7 Å². The predicted molar refractivity (Wildman–Crippen MR) is 125 cm³/mol. The van der Waals surface area contributed by atoms with Gasteiger partial charge in [-0.15, -0.1) is 0 Å². The fourth-order valence-corrected chi connectivity index (χ4v) is 4.09. The number of carbonyl (C=O) groups excluding carboxylic acids is 1. The molecule has 0 spiro atoms. The van der Waals surface area contributed by atoms with Crippen LogP contribution in [-0.4, -0.2) is 33.1 Å². The number of anilines is 1. The molecular formula is C25H23N7O. The molecule has 164 valence electrons. The van der Waals surface area contributed by atoms with Crippen LogP contribution >= 0.6 is 0 Å². The van der Waals surface area contributed by atoms with Gasteiger partial charge in [-0.05, 0) is 42.0 Å². The van der Waals surface area contributed by atoms with Gasteiger partial charge in [-0.1, -0.05) is 24.3 Å². The summed E-state index contributed by atoms with van der Waals surface area (Å²) in [5.41, 5.74) is 12.0. The topological polar surface area (TPSA) is 112 Å². The lowest BCUT2D eigenvalue weighted by Gasteiger charge is -2.16. The summed E-state index contributed by atoms with van der Waals surface area (Å²) in [6.07, 6.45) is 2.19. The minimum Gasteiger partial charge on any atom is -0.326 e. The minimum absolute atomic E-state index is 0.0585. The number of hydrogen-bond acceptors (Lipinski definition) is 6. The Balaban J connectivity index is 1.32. The maximum absolute atomic E-state index is 12.1. The fraction of sp³-hybridized carbons (Fsp3) is 0.200. The highest BCUT2D eigenvalue weighted by Crippen LogP contribution is 2.26. The van der Waals surface area contributed by atoms with Gasteiger partial charge in [-0.3, -0.25) is 4.79 Å². The molecule has 5 rings (SSSR count). The number of amides is 1. The summed E-state index contributed by atoms with van der Waals surface area (Å²) >= 11 is 0. The van der Waals surface area contributed by atoms with Gasteiger partial charge in [0, 0.05) is 43.3 Å². The van der Waals surface area contributed by atoms with E-state index in [2.05, 4.69) is 16.4 Å². The number of nitriles is 1. The van der Waals surface area contributed by atoms with Crippen molar-refractivity contribution in [2.75, 3.05) is 11.4 Å². The van der Waals surface area contributed by atoms with Crippen molar-refractivity contribution in [1.82, 2.24) is 19.9 Å². The average molecular weight is 438 g/mol. The lowest BCUT2D eigenvalue weighted by atomic mass is 10.1. The zero-order valence-corrected chi connectivity index (χ0v) is 18.0. The van der Waals surface area contributed by atoms with Crippen molar-refractivity contribution in [1.29, 1.82) is 5.26 Å². The lowest BCUT2D eigenvalue weighted by Crippen LogP contribution is -2.27. The van der Waals surface area contributed by atoms with Gasteiger partial charge in [0.2, 0.25) is 5.91 Å². The summed E-state index contributed by atoms with van der Waals surface area (Å²) in [4.78, 5) is 18.3. The molecule has 1 aliphatic rings. The van der Waals surface area contributed by atoms with E-state index in [0.29, 0.717) is 31.6 Å². The van der Waals surface area contributed by atoms with Gasteiger partial charge in [-0.2, -0.15) is 10.4 Å². The molecule has 1 aliphatic heterocycles. The molecule has 3 heterocycles. The summed E-state index contributed by atoms with van der Waals surface area (Å²) in [5, 5.41) is 17.2. The zero-order valence-electron chi connectivity index (χ0n) is 18.0. The second-order valence-corrected chi connectivity index (χ2v) is 8.17. The molecule has 0 unspecified atom stereocenters. The highest BCUT2D eigenvalue weighted by atomic mass is 16.2. The molecule has 4 aromatic rings. The van der Waals surface area contributed by atoms with Crippen molar-refractivity contribution < 1.29 is 4.79 Å². The molecule has 1 fully saturated rings. The SMILES string of the molecule is N#Cc1cccc(CNCc2ccc3ncc(-c4ccc(N5C[C@@H](N)CC5=O)cc4)n3n2)c1. The Morgan fingerprint density at radius 3 is 2.73 bits per heavy atom. The van der Waals surface area contributed by atoms with Gasteiger partial charge in [-0.25, -0.2) is 9.50 Å². The zero-order chi connectivity index (χ0) is 22.8. The van der Waals surface area contributed by atoms with E-state index in [-0.39, 0.29) is 11.9 Å². The van der Waals surface area contributed by atoms with E-state index < -0.39 is 0 Å². The average Bonchev–Trinajstić information content (AvgIpc) is 3.41. The van der Waals surface area contributed by atoms with Gasteiger partial charge in [0.25, 0.3) is 0 Å². The Labute approximate surface area is 191 Å². The van der Waals surface area contributed by atoms with Gasteiger partial charge in [0.05, 0.1) is 29.2 Å². The van der Waals surface area contributed by atoms with Crippen molar-refractivity contribution in [3.63, 3.8) is 0 Å². The minimum atomic E-state index is -0.109. The van der Waals surface area contributed by atoms with Gasteiger partial charge in [0.15, 0.2) is 5.65 Å². The van der Waals surface area contributed by atoms with Crippen LogP contribution in [0.3, 0.4) is 0 Å². The largest absolute Gasteiger partial charge is 0.326 e. The van der Waals surface area contributed by atoms with E-state index >= 15 is 0 Å². The smallest absolute Gasteiger partial charge is 0.228 e. The van der Waals surface area contributed by atoms with Gasteiger partial charge >= 0.3 is 0 Å². The van der Waals surface area contributed by atoms with Crippen LogP contribution in [0.2, 0.25) is 0 Å². The molecule has 1 atom stereocenters. The van der Waals surface area contributed by atoms with Crippen LogP contribution in [0, 0.1) is 11.3 Å². The van der Waals surface area contributed by atoms with E-state index in [1.807, 2.05) is 59.1 Å². The molecule has 0 aliphatic carbocycles. The van der Waals surface area contributed by atoms with Crippen LogP contribution in [0.15, 0.2) is 66.9 Å². The normalized spacial score (nSPS) is 15.8. The number of benzene rings is 2. The summed E-state index contributed by atoms with van der Waals surface area (Å²) in [6.45, 7) is 1.78. The number of aromatic nitrogens is 3. The highest BCUT2D eigenvalue weighted by Gasteiger charge is 2.27. The molecule has 1 saturated heterocycles. The number of fused-ring (bicyclic) bond motifs is 1. The Hall–Kier alpha value is -4.06. The first-order valence-electron chi connectivity index (χ1n) is 10.8. The molecule has 8 heteroatoms. The standard InChI is InChI=1S/C25H23N7O/c26-12-17-2-1-3-18(10-17)13-28-14-21-6-9-24-29-15-23(32(24)30-21)19-4-7-22(8-5-19)31-16-20(27)11-25(31)33/h1-10,15,20,28H,11,13-14,16,27H2/t20-/m0/s1. The summed E-state index contributed by atoms with van der Waals surface area (Å²) in [6, 6.07) is 21.3. The Morgan fingerprint density at radius 2 is 1.97 bits per heavy atom. The number of nitrogens with one attached hydrogen (secondary N) is 1. The summed E-state index contributed by atoms with van der Waals surface area (Å²) in [5.74, 6) is 0.0585. The van der Waals surface area contributed by atoms with Crippen molar-refractivity contribution in [2.45, 2.75) is 25.6 Å². The monoisotopic (exact) mass is 437 g/mol. The molecule has 8 nitrogen and oxygen atoms in total. The van der Waals surface area contributed by atoms with E-state index in [1.54, 1.807) is 17.2 Å². The van der Waals surface area contributed by atoms with Crippen molar-refractivity contribution in [3.8, 4) is 17.3 Å². The quantitative estimate of drug-likeness (QED) is 0.480. The number of hydrogen-bond donors (Lipinski definition) is 2. The number of nitrogens with zero attached hydrogens (tertiary/aromatic N) is 5. The molecule has 2 aromatic heterocycles. The molecule has 0 saturated carbocycles. The van der Waals surface area contributed by atoms with Crippen LogP contribution in [0.5, 0.6) is 0 Å². The molecule has 0 bridgehead atoms. The molecule has 2 aromatic carbocycles. The third kappa shape index (κ3) is 4.32. The third-order valence-electron chi connectivity index (χ3n) is 5.74. The first-order valence-corrected chi connectivity index (χ1v) is 10.8. The molecule has 1 amide bonds. The number of rotatable bonds is 6. The van der Waals surface area contributed by atoms with Crippen LogP contribution < -0.4 is 16.0 Å². The van der Waals surface area contributed by atoms with Crippen molar-refractivity contribution >= 4 is 17.2 Å². The fourth-order valence-electron chi connectivity index (χ4n) is 4.09. The van der Waals surface area contributed by atoms with Crippen LogP contribution in [-0.2, 0) is 17.9 Å². The number of carbonyl (C=O) groups is 1. The Morgan fingerprint density at radius 1 is 1.12 bits per heavy atom. The van der Waals surface area contributed by atoms with Crippen LogP contribution in [0.25, 0.3) is 16.9 Å². The first-order chi connectivity index (χ1) is 16.1. The summed E-state index contributed by atoms with van der Waals surface area (Å²) in [7, 11) is 0. The molecular weight excluding hydrogens is 414 g/mol. The maximum Gasteiger partial charge on any atom is 0.228 e. The number of nitrogens with two attached hydrogens (primary N) is 1. The second-order valence-electron chi connectivity index (χ2n) is 8.17. The summed E-state index contributed by atoms with van der Waals surface area (Å²) < 4.78 is 1.83. The van der Waals surface area contributed by atoms with Gasteiger partial charge < -0.3 is 16.0 Å². The predicted octanol–water partition coefficient (Wildman–Crippen LogP) is 2.62. The van der Waals surface area contributed by atoms with E-state index in [4.69, 9.17) is 16.1 Å². The Bertz CT molecular complexity index is 1350. The van der Waals surface area contributed by atoms with E-state index in [1.165, 1.54) is 0 Å². The molecule has 33 heavy (non-hydrogen) atoms. The molecule has 0 radical (unpaired) electrons. The first kappa shape index (κ1) is 20.8. The third-order valence-corrected chi connectivity index (χ3v) is 5.74. The second kappa shape index (κ2) is 8.82. The van der Waals surface area contributed by atoms with E-state index in [0.717, 1.165) is 33.8 Å². The van der Waals surface area contributed by atoms with E-state index in [9.17, 15) is 4.79 Å². The lowest BCUT2D eigenvalue weighted by molar-refractivity contribution is -0.117. The maximum atomic E-state index is 12.1. The van der Waals surface area contributed by atoms with Crippen LogP contribution in [0.4, 0.5) is 5.69 Å². The van der Waals surface area contributed by atoms with Crippen LogP contribution in [0.1, 0.15) is 23.2 Å². The number of imidazole rings is 1. The Kier molecular flexibility index (Phi) is 5.57. The molecule has 3 N–H and O–H groups in total.